The number of hydrogen-bond acceptors (Lipinski definition) is 6. The predicted octanol–water partition coefficient (Wildman–Crippen LogP) is 5.71. The predicted molar refractivity (Wildman–Crippen MR) is 131 cm³/mol. The zero-order valence-corrected chi connectivity index (χ0v) is 19.7. The molecule has 2 aromatic carbocycles. The van der Waals surface area contributed by atoms with E-state index in [0.29, 0.717) is 29.2 Å². The van der Waals surface area contributed by atoms with Crippen LogP contribution in [0.1, 0.15) is 25.2 Å². The zero-order valence-electron chi connectivity index (χ0n) is 17.5. The van der Waals surface area contributed by atoms with E-state index in [1.54, 1.807) is 18.2 Å². The van der Waals surface area contributed by atoms with Gasteiger partial charge in [0.15, 0.2) is 11.5 Å². The van der Waals surface area contributed by atoms with Crippen molar-refractivity contribution in [2.24, 2.45) is 0 Å². The number of nitrogens with one attached hydrogen (secondary N) is 2. The van der Waals surface area contributed by atoms with E-state index in [0.717, 1.165) is 0 Å². The van der Waals surface area contributed by atoms with E-state index in [1.807, 2.05) is 6.92 Å². The van der Waals surface area contributed by atoms with Gasteiger partial charge in [0.2, 0.25) is 0 Å². The maximum absolute atomic E-state index is 14.3. The van der Waals surface area contributed by atoms with Gasteiger partial charge in [0.25, 0.3) is 5.56 Å². The summed E-state index contributed by atoms with van der Waals surface area (Å²) >= 11 is 19.1. The Kier molecular flexibility index (Phi) is 5.85. The fourth-order valence-corrected chi connectivity index (χ4v) is 4.57. The molecule has 3 heterocycles. The Labute approximate surface area is 206 Å². The van der Waals surface area contributed by atoms with Crippen molar-refractivity contribution in [2.45, 2.75) is 19.4 Å². The van der Waals surface area contributed by atoms with Gasteiger partial charge < -0.3 is 10.3 Å². The molecule has 0 aliphatic rings. The highest BCUT2D eigenvalue weighted by Crippen LogP contribution is 2.33. The Bertz CT molecular complexity index is 1600. The molecule has 0 radical (unpaired) electrons. The number of benzene rings is 2. The van der Waals surface area contributed by atoms with Gasteiger partial charge in [-0.25, -0.2) is 24.3 Å². The molecule has 34 heavy (non-hydrogen) atoms. The lowest BCUT2D eigenvalue weighted by Crippen LogP contribution is -2.29. The molecule has 0 saturated carbocycles. The second-order valence-electron chi connectivity index (χ2n) is 7.36. The van der Waals surface area contributed by atoms with Crippen molar-refractivity contribution in [1.82, 2.24) is 29.5 Å². The summed E-state index contributed by atoms with van der Waals surface area (Å²) in [5.74, 6) is 0.00561. The highest BCUT2D eigenvalue weighted by atomic mass is 35.5. The van der Waals surface area contributed by atoms with E-state index < -0.39 is 17.4 Å². The van der Waals surface area contributed by atoms with Crippen LogP contribution in [-0.2, 0) is 0 Å². The van der Waals surface area contributed by atoms with Crippen LogP contribution in [-0.4, -0.2) is 29.5 Å². The molecule has 1 atom stereocenters. The minimum Gasteiger partial charge on any atom is -0.358 e. The monoisotopic (exact) mass is 517 g/mol. The van der Waals surface area contributed by atoms with Crippen LogP contribution in [0.5, 0.6) is 0 Å². The molecular weight excluding hydrogens is 504 g/mol. The Hall–Kier alpha value is -3.27. The number of hydrogen-bond donors (Lipinski definition) is 2. The Morgan fingerprint density at radius 1 is 1.12 bits per heavy atom. The molecule has 3 aromatic heterocycles. The highest BCUT2D eigenvalue weighted by Gasteiger charge is 2.25. The number of rotatable bonds is 5. The van der Waals surface area contributed by atoms with Gasteiger partial charge in [-0.3, -0.25) is 9.36 Å². The molecule has 5 aromatic rings. The van der Waals surface area contributed by atoms with Crippen LogP contribution in [0.3, 0.4) is 0 Å². The number of H-pyrrole nitrogens is 1. The van der Waals surface area contributed by atoms with Crippen LogP contribution >= 0.6 is 34.8 Å². The number of halogens is 4. The third-order valence-electron chi connectivity index (χ3n) is 5.36. The molecular formula is C22H15Cl3FN7O. The van der Waals surface area contributed by atoms with Gasteiger partial charge in [-0.15, -0.1) is 0 Å². The summed E-state index contributed by atoms with van der Waals surface area (Å²) in [6, 6.07) is 6.89. The number of aromatic amines is 1. The molecule has 2 N–H and O–H groups in total. The minimum atomic E-state index is -0.732. The summed E-state index contributed by atoms with van der Waals surface area (Å²) < 4.78 is 15.5. The summed E-state index contributed by atoms with van der Waals surface area (Å²) in [7, 11) is 0. The van der Waals surface area contributed by atoms with E-state index in [9.17, 15) is 9.18 Å². The summed E-state index contributed by atoms with van der Waals surface area (Å²) in [5, 5.41) is 3.33. The smallest absolute Gasteiger partial charge is 0.267 e. The van der Waals surface area contributed by atoms with Gasteiger partial charge in [0, 0.05) is 0 Å². The lowest BCUT2D eigenvalue weighted by Gasteiger charge is -2.23. The van der Waals surface area contributed by atoms with E-state index in [1.165, 1.54) is 29.4 Å². The SMILES string of the molecule is CC[C@H](Nc1ncnc2[nH]cnc12)c1nc2ccc(F)c(Cl)c2c(=O)n1-c1c(Cl)cccc1Cl. The zero-order chi connectivity index (χ0) is 24.0. The van der Waals surface area contributed by atoms with Gasteiger partial charge in [0.1, 0.15) is 23.5 Å². The quantitative estimate of drug-likeness (QED) is 0.309. The van der Waals surface area contributed by atoms with E-state index in [2.05, 4.69) is 25.3 Å². The van der Waals surface area contributed by atoms with E-state index >= 15 is 0 Å². The van der Waals surface area contributed by atoms with Crippen molar-refractivity contribution in [2.75, 3.05) is 5.32 Å². The van der Waals surface area contributed by atoms with Gasteiger partial charge in [-0.1, -0.05) is 47.8 Å². The molecule has 0 aliphatic carbocycles. The summed E-state index contributed by atoms with van der Waals surface area (Å²) in [4.78, 5) is 34.1. The van der Waals surface area contributed by atoms with Crippen LogP contribution in [0, 0.1) is 5.82 Å². The molecule has 0 bridgehead atoms. The first-order valence-corrected chi connectivity index (χ1v) is 11.3. The number of para-hydroxylation sites is 1. The summed E-state index contributed by atoms with van der Waals surface area (Å²) in [6.07, 6.45) is 3.39. The van der Waals surface area contributed by atoms with Crippen molar-refractivity contribution in [3.05, 3.63) is 80.0 Å². The molecule has 0 unspecified atom stereocenters. The first-order valence-electron chi connectivity index (χ1n) is 10.2. The standard InChI is InChI=1S/C22H15Cl3FN7O/c1-2-13(31-20-17-19(28-8-27-17)29-9-30-20)21-32-14-7-6-12(26)16(25)15(14)22(34)33(21)18-10(23)4-3-5-11(18)24/h3-9,13H,2H2,1H3,(H2,27,28,29,30,31)/t13-/m0/s1. The first-order chi connectivity index (χ1) is 16.4. The van der Waals surface area contributed by atoms with Crippen molar-refractivity contribution in [3.8, 4) is 5.69 Å². The number of nitrogens with zero attached hydrogens (tertiary/aromatic N) is 5. The Morgan fingerprint density at radius 3 is 2.62 bits per heavy atom. The number of anilines is 1. The number of fused-ring (bicyclic) bond motifs is 2. The van der Waals surface area contributed by atoms with Crippen LogP contribution < -0.4 is 10.9 Å². The molecule has 0 saturated heterocycles. The third kappa shape index (κ3) is 3.66. The van der Waals surface area contributed by atoms with Crippen LogP contribution in [0.15, 0.2) is 47.8 Å². The first kappa shape index (κ1) is 22.5. The number of aromatic nitrogens is 6. The van der Waals surface area contributed by atoms with E-state index in [-0.39, 0.29) is 31.7 Å². The van der Waals surface area contributed by atoms with Crippen LogP contribution in [0.4, 0.5) is 10.2 Å². The van der Waals surface area contributed by atoms with Gasteiger partial charge >= 0.3 is 0 Å². The van der Waals surface area contributed by atoms with Gasteiger partial charge in [-0.2, -0.15) is 0 Å². The molecule has 0 aliphatic heterocycles. The summed E-state index contributed by atoms with van der Waals surface area (Å²) in [6.45, 7) is 1.91. The second-order valence-corrected chi connectivity index (χ2v) is 8.56. The van der Waals surface area contributed by atoms with Crippen LogP contribution in [0.2, 0.25) is 15.1 Å². The molecule has 172 valence electrons. The van der Waals surface area contributed by atoms with Crippen molar-refractivity contribution >= 4 is 62.7 Å². The van der Waals surface area contributed by atoms with E-state index in [4.69, 9.17) is 39.8 Å². The van der Waals surface area contributed by atoms with Gasteiger partial charge in [0.05, 0.1) is 44.0 Å². The average molecular weight is 519 g/mol. The fourth-order valence-electron chi connectivity index (χ4n) is 3.76. The third-order valence-corrected chi connectivity index (χ3v) is 6.34. The molecule has 5 rings (SSSR count). The Morgan fingerprint density at radius 2 is 1.88 bits per heavy atom. The highest BCUT2D eigenvalue weighted by molar-refractivity contribution is 6.38. The number of imidazole rings is 1. The lowest BCUT2D eigenvalue weighted by atomic mass is 10.1. The molecule has 0 spiro atoms. The molecule has 8 nitrogen and oxygen atoms in total. The second kappa shape index (κ2) is 8.83. The largest absolute Gasteiger partial charge is 0.358 e. The minimum absolute atomic E-state index is 0.0759. The molecule has 12 heteroatoms. The topological polar surface area (TPSA) is 101 Å². The lowest BCUT2D eigenvalue weighted by molar-refractivity contribution is 0.628. The molecule has 0 fully saturated rings. The van der Waals surface area contributed by atoms with Crippen molar-refractivity contribution in [1.29, 1.82) is 0 Å². The normalized spacial score (nSPS) is 12.4. The van der Waals surface area contributed by atoms with Gasteiger partial charge in [-0.05, 0) is 30.7 Å². The maximum Gasteiger partial charge on any atom is 0.267 e. The van der Waals surface area contributed by atoms with Crippen LogP contribution in [0.25, 0.3) is 27.8 Å². The maximum atomic E-state index is 14.3. The summed E-state index contributed by atoms with van der Waals surface area (Å²) in [5.41, 5.74) is 0.920. The fraction of sp³-hybridized carbons (Fsp3) is 0.136. The molecule has 0 amide bonds. The van der Waals surface area contributed by atoms with Crippen molar-refractivity contribution < 1.29 is 4.39 Å². The Balaban J connectivity index is 1.81. The average Bonchev–Trinajstić information content (AvgIpc) is 3.30. The van der Waals surface area contributed by atoms with Crippen molar-refractivity contribution in [3.63, 3.8) is 0 Å².